The number of carbonyl (C=O) groups excluding carboxylic acids is 2. The molecule has 1 aliphatic rings. The lowest BCUT2D eigenvalue weighted by molar-refractivity contribution is -0.242. The normalized spacial score (nSPS) is 17.0. The fourth-order valence-electron chi connectivity index (χ4n) is 3.34. The Morgan fingerprint density at radius 3 is 2.36 bits per heavy atom. The first-order valence-corrected chi connectivity index (χ1v) is 11.6. The number of alkyl halides is 6. The van der Waals surface area contributed by atoms with E-state index >= 15 is 0 Å². The van der Waals surface area contributed by atoms with Crippen molar-refractivity contribution >= 4 is 33.3 Å². The van der Waals surface area contributed by atoms with E-state index in [1.807, 2.05) is 5.32 Å². The number of amides is 1. The Hall–Kier alpha value is -3.36. The number of rotatable bonds is 4. The molecule has 0 aliphatic carbocycles. The minimum absolute atomic E-state index is 0.317. The van der Waals surface area contributed by atoms with Gasteiger partial charge in [-0.15, -0.1) is 0 Å². The van der Waals surface area contributed by atoms with Crippen molar-refractivity contribution in [2.45, 2.75) is 56.1 Å². The topological polar surface area (TPSA) is 106 Å². The van der Waals surface area contributed by atoms with Crippen LogP contribution >= 0.6 is 0 Å². The van der Waals surface area contributed by atoms with Crippen LogP contribution in [0.4, 0.5) is 42.5 Å². The van der Waals surface area contributed by atoms with Gasteiger partial charge in [-0.05, 0) is 45.0 Å². The highest BCUT2D eigenvalue weighted by molar-refractivity contribution is 7.92. The highest BCUT2D eigenvalue weighted by atomic mass is 32.2. The first-order chi connectivity index (χ1) is 16.3. The second kappa shape index (κ2) is 8.94. The summed E-state index contributed by atoms with van der Waals surface area (Å²) < 4.78 is 110. The van der Waals surface area contributed by atoms with Crippen molar-refractivity contribution in [3.05, 3.63) is 47.8 Å². The lowest BCUT2D eigenvalue weighted by Gasteiger charge is -2.35. The summed E-state index contributed by atoms with van der Waals surface area (Å²) in [7, 11) is -4.68. The summed E-state index contributed by atoms with van der Waals surface area (Å²) in [6.45, 7) is 2.56. The number of anilines is 2. The molecule has 2 aromatic rings. The third-order valence-corrected chi connectivity index (χ3v) is 7.17. The van der Waals surface area contributed by atoms with E-state index in [1.54, 1.807) is 0 Å². The lowest BCUT2D eigenvalue weighted by Crippen LogP contribution is -2.45. The molecule has 196 valence electrons. The van der Waals surface area contributed by atoms with E-state index in [1.165, 1.54) is 6.92 Å². The molecule has 8 nitrogen and oxygen atoms in total. The summed E-state index contributed by atoms with van der Waals surface area (Å²) in [5.74, 6) is -0.583. The number of aromatic nitrogens is 1. The zero-order valence-corrected chi connectivity index (χ0v) is 19.7. The van der Waals surface area contributed by atoms with Crippen molar-refractivity contribution < 1.29 is 49.1 Å². The Labute approximate surface area is 201 Å². The van der Waals surface area contributed by atoms with Crippen LogP contribution in [0.25, 0.3) is 0 Å². The minimum Gasteiger partial charge on any atom is -0.434 e. The van der Waals surface area contributed by atoms with Crippen molar-refractivity contribution in [1.29, 1.82) is 0 Å². The smallest absolute Gasteiger partial charge is 0.427 e. The van der Waals surface area contributed by atoms with Gasteiger partial charge in [0.2, 0.25) is 5.60 Å². The van der Waals surface area contributed by atoms with E-state index in [2.05, 4.69) is 9.72 Å². The molecule has 1 aromatic heterocycles. The number of nitrogens with one attached hydrogen (secondary N) is 1. The van der Waals surface area contributed by atoms with Crippen LogP contribution in [0.15, 0.2) is 41.4 Å². The van der Waals surface area contributed by atoms with Gasteiger partial charge in [0.15, 0.2) is 5.78 Å². The lowest BCUT2D eigenvalue weighted by atomic mass is 10.0. The molecular formula is C21H19F6N3O5S. The number of pyridine rings is 1. The van der Waals surface area contributed by atoms with Crippen LogP contribution < -0.4 is 9.62 Å². The maximum absolute atomic E-state index is 13.4. The SMILES string of the molecule is CC1CC(=O)c2ncc(NC(=O)OC(C)(C)C(F)(F)F)cc2N1S(=O)(=O)c1cccc(C(F)(F)F)c1. The zero-order valence-electron chi connectivity index (χ0n) is 18.9. The minimum atomic E-state index is -4.89. The molecule has 1 amide bonds. The quantitative estimate of drug-likeness (QED) is 0.539. The van der Waals surface area contributed by atoms with Gasteiger partial charge in [0.25, 0.3) is 10.0 Å². The van der Waals surface area contributed by atoms with Crippen molar-refractivity contribution in [1.82, 2.24) is 4.98 Å². The molecule has 3 rings (SSSR count). The van der Waals surface area contributed by atoms with E-state index in [0.717, 1.165) is 24.4 Å². The highest BCUT2D eigenvalue weighted by Gasteiger charge is 2.51. The highest BCUT2D eigenvalue weighted by Crippen LogP contribution is 2.38. The Bertz CT molecular complexity index is 1310. The molecule has 1 aromatic carbocycles. The average molecular weight is 539 g/mol. The largest absolute Gasteiger partial charge is 0.434 e. The van der Waals surface area contributed by atoms with E-state index in [4.69, 9.17) is 0 Å². The number of sulfonamides is 1. The average Bonchev–Trinajstić information content (AvgIpc) is 2.71. The summed E-state index contributed by atoms with van der Waals surface area (Å²) in [6.07, 6.45) is -10.7. The summed E-state index contributed by atoms with van der Waals surface area (Å²) in [6, 6.07) is 2.88. The number of nitrogens with zero attached hydrogens (tertiary/aromatic N) is 2. The third kappa shape index (κ3) is 5.24. The zero-order chi connectivity index (χ0) is 27.3. The third-order valence-electron chi connectivity index (χ3n) is 5.25. The van der Waals surface area contributed by atoms with Crippen molar-refractivity contribution in [3.63, 3.8) is 0 Å². The molecule has 0 saturated heterocycles. The first-order valence-electron chi connectivity index (χ1n) is 10.2. The van der Waals surface area contributed by atoms with Crippen LogP contribution in [-0.2, 0) is 20.9 Å². The Kier molecular flexibility index (Phi) is 6.76. The fraction of sp³-hybridized carbons (Fsp3) is 0.381. The maximum atomic E-state index is 13.4. The Balaban J connectivity index is 2.02. The Morgan fingerprint density at radius 2 is 1.78 bits per heavy atom. The second-order valence-corrected chi connectivity index (χ2v) is 10.2. The van der Waals surface area contributed by atoms with Crippen molar-refractivity contribution in [2.24, 2.45) is 0 Å². The Morgan fingerprint density at radius 1 is 1.14 bits per heavy atom. The van der Waals surface area contributed by atoms with Crippen LogP contribution in [0.3, 0.4) is 0 Å². The molecule has 36 heavy (non-hydrogen) atoms. The number of benzene rings is 1. The number of hydrogen-bond donors (Lipinski definition) is 1. The van der Waals surface area contributed by atoms with Crippen LogP contribution in [0, 0.1) is 0 Å². The molecule has 0 saturated carbocycles. The van der Waals surface area contributed by atoms with Crippen LogP contribution in [0.5, 0.6) is 0 Å². The number of halogens is 6. The van der Waals surface area contributed by atoms with Gasteiger partial charge in [0.05, 0.1) is 34.1 Å². The molecule has 0 spiro atoms. The van der Waals surface area contributed by atoms with Crippen LogP contribution in [-0.4, -0.2) is 43.1 Å². The van der Waals surface area contributed by atoms with Crippen molar-refractivity contribution in [3.8, 4) is 0 Å². The van der Waals surface area contributed by atoms with Gasteiger partial charge < -0.3 is 4.74 Å². The van der Waals surface area contributed by atoms with E-state index in [9.17, 15) is 44.3 Å². The predicted molar refractivity (Wildman–Crippen MR) is 114 cm³/mol. The van der Waals surface area contributed by atoms with E-state index in [0.29, 0.717) is 30.3 Å². The van der Waals surface area contributed by atoms with Gasteiger partial charge in [0, 0.05) is 6.42 Å². The fourth-order valence-corrected chi connectivity index (χ4v) is 5.04. The van der Waals surface area contributed by atoms with Gasteiger partial charge in [-0.25, -0.2) is 18.2 Å². The molecule has 15 heteroatoms. The molecule has 0 bridgehead atoms. The predicted octanol–water partition coefficient (Wildman–Crippen LogP) is 5.16. The van der Waals surface area contributed by atoms with E-state index in [-0.39, 0.29) is 23.5 Å². The number of hydrogen-bond acceptors (Lipinski definition) is 6. The molecular weight excluding hydrogens is 520 g/mol. The summed E-state index contributed by atoms with van der Waals surface area (Å²) in [5.41, 5.74) is -5.11. The number of ether oxygens (including phenoxy) is 1. The van der Waals surface area contributed by atoms with Gasteiger partial charge in [0.1, 0.15) is 5.69 Å². The number of ketones is 1. The molecule has 0 radical (unpaired) electrons. The van der Waals surface area contributed by atoms with Gasteiger partial charge in [-0.1, -0.05) is 6.07 Å². The van der Waals surface area contributed by atoms with E-state index < -0.39 is 56.4 Å². The summed E-state index contributed by atoms with van der Waals surface area (Å²) in [4.78, 5) is 27.6. The van der Waals surface area contributed by atoms with Gasteiger partial charge in [-0.3, -0.25) is 14.4 Å². The second-order valence-electron chi connectivity index (χ2n) is 8.42. The first kappa shape index (κ1) is 27.2. The molecule has 1 aliphatic heterocycles. The molecule has 0 fully saturated rings. The van der Waals surface area contributed by atoms with Crippen LogP contribution in [0.2, 0.25) is 0 Å². The number of fused-ring (bicyclic) bond motifs is 1. The van der Waals surface area contributed by atoms with Gasteiger partial charge in [-0.2, -0.15) is 26.3 Å². The summed E-state index contributed by atoms with van der Waals surface area (Å²) in [5, 5.41) is 1.99. The summed E-state index contributed by atoms with van der Waals surface area (Å²) >= 11 is 0. The number of carbonyl (C=O) groups is 2. The number of Topliss-reactive ketones (excluding diaryl/α,β-unsaturated/α-hetero) is 1. The molecule has 1 unspecified atom stereocenters. The van der Waals surface area contributed by atoms with Crippen molar-refractivity contribution in [2.75, 3.05) is 9.62 Å². The van der Waals surface area contributed by atoms with Gasteiger partial charge >= 0.3 is 18.4 Å². The molecule has 1 N–H and O–H groups in total. The molecule has 2 heterocycles. The monoisotopic (exact) mass is 539 g/mol. The standard InChI is InChI=1S/C21H19F6N3O5S/c1-11-7-16(31)17-15(9-13(10-28-17)29-18(32)35-19(2,3)21(25,26)27)30(11)36(33,34)14-6-4-5-12(8-14)20(22,23)24/h4-6,8-11H,7H2,1-3H3,(H,29,32). The maximum Gasteiger partial charge on any atom is 0.427 e. The van der Waals surface area contributed by atoms with Crippen LogP contribution in [0.1, 0.15) is 43.2 Å². The molecule has 1 atom stereocenters.